The van der Waals surface area contributed by atoms with Gasteiger partial charge in [0.15, 0.2) is 0 Å². The lowest BCUT2D eigenvalue weighted by Crippen LogP contribution is -2.36. The minimum Gasteiger partial charge on any atom is -0.465 e. The van der Waals surface area contributed by atoms with Crippen molar-refractivity contribution in [2.45, 2.75) is 11.4 Å². The summed E-state index contributed by atoms with van der Waals surface area (Å²) in [6, 6.07) is 2.86. The molecule has 20 heteroatoms. The van der Waals surface area contributed by atoms with Gasteiger partial charge in [-0.25, -0.2) is 14.4 Å². The number of alkyl halides is 5. The molecule has 204 valence electrons. The van der Waals surface area contributed by atoms with Crippen LogP contribution in [0.5, 0.6) is 0 Å². The molecule has 0 aliphatic carbocycles. The molecule has 0 spiro atoms. The molecule has 0 aliphatic rings. The predicted molar refractivity (Wildman–Crippen MR) is 131 cm³/mol. The standard InChI is InChI=1S/C7H4BrF3O2S.C6H4BrIO2S.C3H3F3O4S/c1-13-6(12)4-2-3(8)5(14-4)7(9,10)11;1-10-6(9)4-2-3(7)5(8)11-4;1-10-2(7)3(4,5)11(6,8)9/h2H,1H3;2H,1H3;1H3. The smallest absolute Gasteiger partial charge is 0.465 e. The van der Waals surface area contributed by atoms with Crippen LogP contribution in [-0.4, -0.2) is 52.9 Å². The second kappa shape index (κ2) is 14.3. The van der Waals surface area contributed by atoms with Crippen LogP contribution in [0.4, 0.5) is 25.8 Å². The number of thiophene rings is 2. The first-order chi connectivity index (χ1) is 16.2. The number of ether oxygens (including phenoxy) is 3. The summed E-state index contributed by atoms with van der Waals surface area (Å²) in [5.41, 5.74) is 0. The van der Waals surface area contributed by atoms with E-state index in [4.69, 9.17) is 0 Å². The highest BCUT2D eigenvalue weighted by atomic mass is 127. The van der Waals surface area contributed by atoms with E-state index in [0.29, 0.717) is 23.3 Å². The maximum absolute atomic E-state index is 12.3. The maximum Gasteiger partial charge on any atom is 0.470 e. The zero-order valence-electron chi connectivity index (χ0n) is 17.5. The summed E-state index contributed by atoms with van der Waals surface area (Å²) in [7, 11) is -3.21. The van der Waals surface area contributed by atoms with Crippen molar-refractivity contribution in [2.24, 2.45) is 0 Å². The number of rotatable bonds is 4. The summed E-state index contributed by atoms with van der Waals surface area (Å²) in [6.07, 6.45) is -4.45. The molecule has 8 nitrogen and oxygen atoms in total. The van der Waals surface area contributed by atoms with Crippen LogP contribution in [0.15, 0.2) is 21.1 Å². The predicted octanol–water partition coefficient (Wildman–Crippen LogP) is 6.27. The van der Waals surface area contributed by atoms with Crippen molar-refractivity contribution in [3.63, 3.8) is 0 Å². The lowest BCUT2D eigenvalue weighted by Gasteiger charge is -2.06. The number of hydrogen-bond acceptors (Lipinski definition) is 10. The highest BCUT2D eigenvalue weighted by Crippen LogP contribution is 2.40. The Morgan fingerprint density at radius 1 is 0.861 bits per heavy atom. The number of hydrogen-bond donors (Lipinski definition) is 0. The fourth-order valence-corrected chi connectivity index (χ4v) is 5.68. The van der Waals surface area contributed by atoms with Gasteiger partial charge in [0.1, 0.15) is 14.6 Å². The van der Waals surface area contributed by atoms with Crippen molar-refractivity contribution in [3.05, 3.63) is 38.6 Å². The van der Waals surface area contributed by atoms with E-state index in [0.717, 1.165) is 20.5 Å². The molecule has 2 rings (SSSR count). The fourth-order valence-electron chi connectivity index (χ4n) is 1.53. The Bertz CT molecular complexity index is 1180. The fraction of sp³-hybridized carbons (Fsp3) is 0.312. The molecule has 0 N–H and O–H groups in total. The molecule has 0 aliphatic heterocycles. The number of halogens is 9. The van der Waals surface area contributed by atoms with Crippen LogP contribution in [0.25, 0.3) is 0 Å². The Balaban J connectivity index is 0.000000517. The van der Waals surface area contributed by atoms with Crippen molar-refractivity contribution in [1.29, 1.82) is 0 Å². The molecule has 0 aromatic carbocycles. The van der Waals surface area contributed by atoms with Crippen molar-refractivity contribution in [1.82, 2.24) is 0 Å². The zero-order chi connectivity index (χ0) is 28.6. The van der Waals surface area contributed by atoms with E-state index in [-0.39, 0.29) is 15.3 Å². The molecule has 0 fully saturated rings. The van der Waals surface area contributed by atoms with Gasteiger partial charge in [0.25, 0.3) is 0 Å². The Kier molecular flexibility index (Phi) is 13.9. The SMILES string of the molecule is COC(=O)C(F)(F)S(=O)(=O)F.COC(=O)c1cc(Br)c(C(F)(F)F)s1.COC(=O)c1cc(Br)c(I)s1. The van der Waals surface area contributed by atoms with Gasteiger partial charge in [-0.3, -0.25) is 0 Å². The van der Waals surface area contributed by atoms with Crippen LogP contribution >= 0.6 is 77.1 Å². The summed E-state index contributed by atoms with van der Waals surface area (Å²) >= 11 is 9.97. The van der Waals surface area contributed by atoms with E-state index in [9.17, 15) is 48.6 Å². The second-order valence-corrected chi connectivity index (χ2v) is 12.5. The summed E-state index contributed by atoms with van der Waals surface area (Å²) in [5.74, 6) is -3.50. The van der Waals surface area contributed by atoms with Crippen molar-refractivity contribution in [2.75, 3.05) is 21.3 Å². The van der Waals surface area contributed by atoms with Gasteiger partial charge in [-0.1, -0.05) is 3.89 Å². The van der Waals surface area contributed by atoms with Gasteiger partial charge >= 0.3 is 39.6 Å². The Morgan fingerprint density at radius 2 is 1.28 bits per heavy atom. The van der Waals surface area contributed by atoms with Gasteiger partial charge in [-0.15, -0.1) is 22.7 Å². The first-order valence-electron chi connectivity index (χ1n) is 8.12. The molecule has 0 unspecified atom stereocenters. The van der Waals surface area contributed by atoms with Gasteiger partial charge in [0.2, 0.25) is 0 Å². The van der Waals surface area contributed by atoms with Gasteiger partial charge < -0.3 is 14.2 Å². The largest absolute Gasteiger partial charge is 0.470 e. The lowest BCUT2D eigenvalue weighted by molar-refractivity contribution is -0.157. The number of esters is 3. The highest BCUT2D eigenvalue weighted by Gasteiger charge is 2.55. The third kappa shape index (κ3) is 10.1. The van der Waals surface area contributed by atoms with Crippen molar-refractivity contribution in [3.8, 4) is 0 Å². The Morgan fingerprint density at radius 3 is 1.53 bits per heavy atom. The molecular weight excluding hydrogens is 817 g/mol. The number of carbonyl (C=O) groups is 3. The average molecular weight is 828 g/mol. The van der Waals surface area contributed by atoms with E-state index in [1.54, 1.807) is 6.07 Å². The monoisotopic (exact) mass is 826 g/mol. The van der Waals surface area contributed by atoms with Crippen molar-refractivity contribution >= 4 is 105 Å². The van der Waals surface area contributed by atoms with Crippen LogP contribution in [-0.2, 0) is 35.4 Å². The molecule has 0 bridgehead atoms. The Labute approximate surface area is 237 Å². The van der Waals surface area contributed by atoms with Gasteiger partial charge in [0, 0.05) is 8.95 Å². The van der Waals surface area contributed by atoms with Crippen LogP contribution < -0.4 is 0 Å². The van der Waals surface area contributed by atoms with E-state index < -0.39 is 38.5 Å². The number of methoxy groups -OCH3 is 3. The highest BCUT2D eigenvalue weighted by molar-refractivity contribution is 14.1. The quantitative estimate of drug-likeness (QED) is 0.117. The van der Waals surface area contributed by atoms with Gasteiger partial charge in [-0.05, 0) is 66.6 Å². The summed E-state index contributed by atoms with van der Waals surface area (Å²) in [5, 5.41) is -5.11. The minimum atomic E-state index is -6.22. The van der Waals surface area contributed by atoms with E-state index in [1.807, 2.05) is 0 Å². The van der Waals surface area contributed by atoms with E-state index in [1.165, 1.54) is 18.4 Å². The zero-order valence-corrected chi connectivity index (χ0v) is 25.3. The first-order valence-corrected chi connectivity index (χ1v) is 13.8. The molecule has 0 amide bonds. The average Bonchev–Trinajstić information content (AvgIpc) is 3.34. The Hall–Kier alpha value is -0.970. The number of carbonyl (C=O) groups excluding carboxylic acids is 3. The summed E-state index contributed by atoms with van der Waals surface area (Å²) in [6.45, 7) is 0. The molecule has 2 aromatic rings. The molecule has 0 saturated carbocycles. The lowest BCUT2D eigenvalue weighted by atomic mass is 10.4. The van der Waals surface area contributed by atoms with Crippen LogP contribution in [0.3, 0.4) is 0 Å². The van der Waals surface area contributed by atoms with Crippen LogP contribution in [0.2, 0.25) is 0 Å². The maximum atomic E-state index is 12.3. The molecule has 0 radical (unpaired) electrons. The molecule has 36 heavy (non-hydrogen) atoms. The summed E-state index contributed by atoms with van der Waals surface area (Å²) in [4.78, 5) is 31.5. The molecule has 0 atom stereocenters. The molecule has 2 heterocycles. The third-order valence-corrected chi connectivity index (χ3v) is 9.69. The molecule has 0 saturated heterocycles. The third-order valence-electron chi connectivity index (χ3n) is 3.09. The molecule has 2 aromatic heterocycles. The summed E-state index contributed by atoms with van der Waals surface area (Å²) < 4.78 is 105. The van der Waals surface area contributed by atoms with Crippen LogP contribution in [0.1, 0.15) is 24.2 Å². The van der Waals surface area contributed by atoms with Crippen molar-refractivity contribution < 1.29 is 62.8 Å². The van der Waals surface area contributed by atoms with Gasteiger partial charge in [-0.2, -0.15) is 30.4 Å². The van der Waals surface area contributed by atoms with Crippen LogP contribution in [0, 0.1) is 2.88 Å². The van der Waals surface area contributed by atoms with Gasteiger partial charge in [0.05, 0.1) is 24.2 Å². The normalized spacial score (nSPS) is 11.3. The topological polar surface area (TPSA) is 113 Å². The van der Waals surface area contributed by atoms with E-state index in [2.05, 4.69) is 68.7 Å². The minimum absolute atomic E-state index is 0.0771. The molecular formula is C16H11Br2F6IO8S3. The first kappa shape index (κ1) is 35.0. The second-order valence-electron chi connectivity index (χ2n) is 5.45. The van der Waals surface area contributed by atoms with E-state index >= 15 is 0 Å².